The standard InChI is InChI=1S/C20H25N3O4/c1-13(2)12-23-19(25)16-9-5-4-8-15(16)17(21-23)20(26)27-14(3)18(24)22-10-6-7-11-22/h4-5,8-9,13-14H,6-7,10-12H2,1-3H3/t14-/m1/s1. The van der Waals surface area contributed by atoms with Crippen LogP contribution in [0.25, 0.3) is 10.8 Å². The van der Waals surface area contributed by atoms with Crippen molar-refractivity contribution in [2.75, 3.05) is 13.1 Å². The third kappa shape index (κ3) is 4.02. The maximum Gasteiger partial charge on any atom is 0.360 e. The fourth-order valence-electron chi connectivity index (χ4n) is 3.32. The lowest BCUT2D eigenvalue weighted by Gasteiger charge is -2.20. The normalized spacial score (nSPS) is 15.3. The Kier molecular flexibility index (Phi) is 5.58. The summed E-state index contributed by atoms with van der Waals surface area (Å²) in [7, 11) is 0. The number of aromatic nitrogens is 2. The first-order chi connectivity index (χ1) is 12.9. The van der Waals surface area contributed by atoms with Crippen molar-refractivity contribution in [3.8, 4) is 0 Å². The van der Waals surface area contributed by atoms with Gasteiger partial charge in [-0.05, 0) is 31.7 Å². The Balaban J connectivity index is 1.92. The van der Waals surface area contributed by atoms with Crippen LogP contribution in [0.15, 0.2) is 29.1 Å². The van der Waals surface area contributed by atoms with E-state index in [2.05, 4.69) is 5.10 Å². The largest absolute Gasteiger partial charge is 0.448 e. The lowest BCUT2D eigenvalue weighted by atomic mass is 10.1. The Morgan fingerprint density at radius 1 is 1.11 bits per heavy atom. The summed E-state index contributed by atoms with van der Waals surface area (Å²) in [5.41, 5.74) is -0.177. The number of hydrogen-bond acceptors (Lipinski definition) is 5. The number of rotatable bonds is 5. The van der Waals surface area contributed by atoms with Crippen LogP contribution < -0.4 is 5.56 Å². The molecule has 1 aliphatic rings. The van der Waals surface area contributed by atoms with Crippen LogP contribution in [0.4, 0.5) is 0 Å². The Labute approximate surface area is 157 Å². The molecule has 1 aromatic heterocycles. The first-order valence-electron chi connectivity index (χ1n) is 9.38. The van der Waals surface area contributed by atoms with Gasteiger partial charge >= 0.3 is 5.97 Å². The van der Waals surface area contributed by atoms with Gasteiger partial charge in [-0.1, -0.05) is 32.0 Å². The quantitative estimate of drug-likeness (QED) is 0.753. The van der Waals surface area contributed by atoms with Gasteiger partial charge in [0.05, 0.1) is 5.39 Å². The van der Waals surface area contributed by atoms with E-state index in [9.17, 15) is 14.4 Å². The second-order valence-electron chi connectivity index (χ2n) is 7.36. The molecule has 0 saturated carbocycles. The Bertz CT molecular complexity index is 913. The molecule has 1 fully saturated rings. The lowest BCUT2D eigenvalue weighted by molar-refractivity contribution is -0.138. The first kappa shape index (κ1) is 19.1. The molecule has 0 aliphatic carbocycles. The van der Waals surface area contributed by atoms with Crippen molar-refractivity contribution in [1.82, 2.24) is 14.7 Å². The van der Waals surface area contributed by atoms with Gasteiger partial charge in [0, 0.05) is 25.0 Å². The number of likely N-dealkylation sites (tertiary alicyclic amines) is 1. The molecule has 0 spiro atoms. The van der Waals surface area contributed by atoms with E-state index in [1.165, 1.54) is 4.68 Å². The van der Waals surface area contributed by atoms with Crippen LogP contribution in [0.2, 0.25) is 0 Å². The fourth-order valence-corrected chi connectivity index (χ4v) is 3.32. The van der Waals surface area contributed by atoms with Gasteiger partial charge in [-0.2, -0.15) is 5.10 Å². The van der Waals surface area contributed by atoms with Crippen molar-refractivity contribution in [1.29, 1.82) is 0 Å². The minimum Gasteiger partial charge on any atom is -0.448 e. The molecule has 0 radical (unpaired) electrons. The number of ether oxygens (including phenoxy) is 1. The van der Waals surface area contributed by atoms with Crippen molar-refractivity contribution >= 4 is 22.6 Å². The number of amides is 1. The molecule has 1 saturated heterocycles. The smallest absolute Gasteiger partial charge is 0.360 e. The first-order valence-corrected chi connectivity index (χ1v) is 9.38. The molecule has 1 atom stereocenters. The molecule has 7 heteroatoms. The molecule has 0 N–H and O–H groups in total. The van der Waals surface area contributed by atoms with E-state index in [4.69, 9.17) is 4.74 Å². The second-order valence-corrected chi connectivity index (χ2v) is 7.36. The number of nitrogens with zero attached hydrogens (tertiary/aromatic N) is 3. The maximum absolute atomic E-state index is 12.8. The molecule has 1 aliphatic heterocycles. The Morgan fingerprint density at radius 3 is 2.37 bits per heavy atom. The number of hydrogen-bond donors (Lipinski definition) is 0. The molecule has 2 heterocycles. The monoisotopic (exact) mass is 371 g/mol. The summed E-state index contributed by atoms with van der Waals surface area (Å²) in [5.74, 6) is -0.694. The number of benzene rings is 1. The van der Waals surface area contributed by atoms with Crippen LogP contribution in [0.1, 0.15) is 44.1 Å². The summed E-state index contributed by atoms with van der Waals surface area (Å²) < 4.78 is 6.71. The minimum atomic E-state index is -0.887. The number of fused-ring (bicyclic) bond motifs is 1. The van der Waals surface area contributed by atoms with E-state index in [1.807, 2.05) is 13.8 Å². The molecular weight excluding hydrogens is 346 g/mol. The minimum absolute atomic E-state index is 0.0620. The molecule has 0 bridgehead atoms. The lowest BCUT2D eigenvalue weighted by Crippen LogP contribution is -2.38. The van der Waals surface area contributed by atoms with Gasteiger partial charge in [0.15, 0.2) is 11.8 Å². The molecular formula is C20H25N3O4. The highest BCUT2D eigenvalue weighted by Crippen LogP contribution is 2.17. The zero-order valence-electron chi connectivity index (χ0n) is 16.0. The predicted octanol–water partition coefficient (Wildman–Crippen LogP) is 2.22. The second kappa shape index (κ2) is 7.90. The third-order valence-electron chi connectivity index (χ3n) is 4.65. The van der Waals surface area contributed by atoms with Crippen LogP contribution in [0.5, 0.6) is 0 Å². The van der Waals surface area contributed by atoms with Gasteiger partial charge in [0.25, 0.3) is 11.5 Å². The molecule has 2 aromatic rings. The van der Waals surface area contributed by atoms with E-state index >= 15 is 0 Å². The maximum atomic E-state index is 12.8. The number of carbonyl (C=O) groups is 2. The van der Waals surface area contributed by atoms with E-state index < -0.39 is 12.1 Å². The number of carbonyl (C=O) groups excluding carboxylic acids is 2. The van der Waals surface area contributed by atoms with Crippen LogP contribution in [-0.4, -0.2) is 45.8 Å². The molecule has 1 aromatic carbocycles. The molecule has 0 unspecified atom stereocenters. The highest BCUT2D eigenvalue weighted by molar-refractivity contribution is 6.02. The van der Waals surface area contributed by atoms with E-state index in [1.54, 1.807) is 36.1 Å². The van der Waals surface area contributed by atoms with Gasteiger partial charge < -0.3 is 9.64 Å². The average molecular weight is 371 g/mol. The van der Waals surface area contributed by atoms with Crippen LogP contribution >= 0.6 is 0 Å². The zero-order valence-corrected chi connectivity index (χ0v) is 16.0. The Hall–Kier alpha value is -2.70. The van der Waals surface area contributed by atoms with Crippen molar-refractivity contribution in [2.45, 2.75) is 46.3 Å². The van der Waals surface area contributed by atoms with Crippen molar-refractivity contribution in [3.05, 3.63) is 40.3 Å². The highest BCUT2D eigenvalue weighted by atomic mass is 16.5. The van der Waals surface area contributed by atoms with Gasteiger partial charge in [-0.15, -0.1) is 0 Å². The zero-order chi connectivity index (χ0) is 19.6. The summed E-state index contributed by atoms with van der Waals surface area (Å²) >= 11 is 0. The SMILES string of the molecule is CC(C)Cn1nc(C(=O)O[C@H](C)C(=O)N2CCCC2)c2ccccc2c1=O. The Morgan fingerprint density at radius 2 is 1.74 bits per heavy atom. The predicted molar refractivity (Wildman–Crippen MR) is 102 cm³/mol. The summed E-state index contributed by atoms with van der Waals surface area (Å²) in [6.45, 7) is 7.30. The van der Waals surface area contributed by atoms with Gasteiger partial charge in [0.1, 0.15) is 0 Å². The van der Waals surface area contributed by atoms with E-state index in [0.29, 0.717) is 30.4 Å². The van der Waals surface area contributed by atoms with Gasteiger partial charge in [-0.3, -0.25) is 9.59 Å². The molecule has 1 amide bonds. The van der Waals surface area contributed by atoms with Gasteiger partial charge in [0.2, 0.25) is 0 Å². The third-order valence-corrected chi connectivity index (χ3v) is 4.65. The molecule has 144 valence electrons. The van der Waals surface area contributed by atoms with Crippen molar-refractivity contribution in [2.24, 2.45) is 5.92 Å². The van der Waals surface area contributed by atoms with Crippen LogP contribution in [0, 0.1) is 5.92 Å². The van der Waals surface area contributed by atoms with Crippen molar-refractivity contribution in [3.63, 3.8) is 0 Å². The summed E-state index contributed by atoms with van der Waals surface area (Å²) in [4.78, 5) is 39.5. The van der Waals surface area contributed by atoms with E-state index in [0.717, 1.165) is 12.8 Å². The highest BCUT2D eigenvalue weighted by Gasteiger charge is 2.28. The van der Waals surface area contributed by atoms with Crippen LogP contribution in [-0.2, 0) is 16.1 Å². The van der Waals surface area contributed by atoms with E-state index in [-0.39, 0.29) is 23.1 Å². The fraction of sp³-hybridized carbons (Fsp3) is 0.500. The van der Waals surface area contributed by atoms with Gasteiger partial charge in [-0.25, -0.2) is 9.48 Å². The summed E-state index contributed by atoms with van der Waals surface area (Å²) in [6.07, 6.45) is 1.05. The van der Waals surface area contributed by atoms with Crippen molar-refractivity contribution < 1.29 is 14.3 Å². The molecule has 7 nitrogen and oxygen atoms in total. The van der Waals surface area contributed by atoms with Crippen LogP contribution in [0.3, 0.4) is 0 Å². The topological polar surface area (TPSA) is 81.5 Å². The summed E-state index contributed by atoms with van der Waals surface area (Å²) in [6, 6.07) is 6.84. The number of esters is 1. The molecule has 27 heavy (non-hydrogen) atoms. The summed E-state index contributed by atoms with van der Waals surface area (Å²) in [5, 5.41) is 5.11. The average Bonchev–Trinajstić information content (AvgIpc) is 3.17. The molecule has 3 rings (SSSR count).